The summed E-state index contributed by atoms with van der Waals surface area (Å²) < 4.78 is 14.0. The second kappa shape index (κ2) is 7.25. The van der Waals surface area contributed by atoms with Crippen LogP contribution in [0.15, 0.2) is 51.8 Å². The number of aryl methyl sites for hydroxylation is 1. The summed E-state index contributed by atoms with van der Waals surface area (Å²) in [4.78, 5) is 1.17. The highest BCUT2D eigenvalue weighted by Gasteiger charge is 2.09. The highest BCUT2D eigenvalue weighted by atomic mass is 79.9. The molecule has 20 heavy (non-hydrogen) atoms. The lowest BCUT2D eigenvalue weighted by atomic mass is 10.1. The van der Waals surface area contributed by atoms with Crippen LogP contribution < -0.4 is 0 Å². The molecule has 0 bridgehead atoms. The summed E-state index contributed by atoms with van der Waals surface area (Å²) >= 11 is 4.89. The molecule has 0 aliphatic rings. The number of thioether (sulfide) groups is 1. The largest absolute Gasteiger partial charge is 0.392 e. The van der Waals surface area contributed by atoms with Gasteiger partial charge in [0, 0.05) is 15.1 Å². The van der Waals surface area contributed by atoms with Crippen molar-refractivity contribution < 1.29 is 9.50 Å². The van der Waals surface area contributed by atoms with Crippen molar-refractivity contribution in [3.05, 3.63) is 63.9 Å². The van der Waals surface area contributed by atoms with Gasteiger partial charge in [0.25, 0.3) is 0 Å². The van der Waals surface area contributed by atoms with Gasteiger partial charge in [-0.2, -0.15) is 0 Å². The van der Waals surface area contributed by atoms with Gasteiger partial charge >= 0.3 is 0 Å². The Kier molecular flexibility index (Phi) is 5.64. The number of hydrogen-bond donors (Lipinski definition) is 1. The van der Waals surface area contributed by atoms with E-state index in [4.69, 9.17) is 0 Å². The summed E-state index contributed by atoms with van der Waals surface area (Å²) in [7, 11) is 0. The third-order valence-corrected chi connectivity index (χ3v) is 4.70. The Hall–Kier alpha value is -0.840. The van der Waals surface area contributed by atoms with Gasteiger partial charge in [-0.3, -0.25) is 0 Å². The number of hydrogen-bond acceptors (Lipinski definition) is 2. The maximum Gasteiger partial charge on any atom is 0.124 e. The van der Waals surface area contributed by atoms with Crippen molar-refractivity contribution in [1.82, 2.24) is 0 Å². The molecule has 1 nitrogen and oxygen atoms in total. The van der Waals surface area contributed by atoms with E-state index in [0.717, 1.165) is 5.56 Å². The van der Waals surface area contributed by atoms with Gasteiger partial charge in [-0.1, -0.05) is 34.1 Å². The average Bonchev–Trinajstić information content (AvgIpc) is 2.36. The average molecular weight is 355 g/mol. The van der Waals surface area contributed by atoms with Crippen molar-refractivity contribution in [2.24, 2.45) is 0 Å². The number of benzene rings is 2. The number of aliphatic hydroxyl groups is 1. The molecule has 2 aromatic carbocycles. The van der Waals surface area contributed by atoms with E-state index in [1.165, 1.54) is 22.6 Å². The molecule has 1 N–H and O–H groups in total. The molecule has 0 fully saturated rings. The molecule has 1 atom stereocenters. The first-order valence-electron chi connectivity index (χ1n) is 6.36. The predicted octanol–water partition coefficient (Wildman–Crippen LogP) is 4.59. The zero-order chi connectivity index (χ0) is 14.5. The lowest BCUT2D eigenvalue weighted by Gasteiger charge is -2.12. The van der Waals surface area contributed by atoms with Gasteiger partial charge in [0.15, 0.2) is 0 Å². The summed E-state index contributed by atoms with van der Waals surface area (Å²) in [6.45, 7) is 2.05. The van der Waals surface area contributed by atoms with Crippen LogP contribution in [-0.2, 0) is 6.42 Å². The molecule has 0 saturated heterocycles. The normalized spacial score (nSPS) is 12.4. The van der Waals surface area contributed by atoms with Crippen LogP contribution in [0.3, 0.4) is 0 Å². The Balaban J connectivity index is 1.92. The lowest BCUT2D eigenvalue weighted by molar-refractivity contribution is 0.200. The van der Waals surface area contributed by atoms with Crippen molar-refractivity contribution >= 4 is 27.7 Å². The molecule has 106 valence electrons. The zero-order valence-corrected chi connectivity index (χ0v) is 13.5. The van der Waals surface area contributed by atoms with Gasteiger partial charge in [0.2, 0.25) is 0 Å². The minimum Gasteiger partial charge on any atom is -0.392 e. The van der Waals surface area contributed by atoms with Gasteiger partial charge in [0.05, 0.1) is 6.10 Å². The number of rotatable bonds is 5. The predicted molar refractivity (Wildman–Crippen MR) is 85.7 cm³/mol. The molecule has 1 unspecified atom stereocenters. The van der Waals surface area contributed by atoms with E-state index in [-0.39, 0.29) is 5.82 Å². The maximum absolute atomic E-state index is 13.3. The lowest BCUT2D eigenvalue weighted by Crippen LogP contribution is -2.13. The van der Waals surface area contributed by atoms with Crippen molar-refractivity contribution in [3.8, 4) is 0 Å². The van der Waals surface area contributed by atoms with Gasteiger partial charge < -0.3 is 5.11 Å². The van der Waals surface area contributed by atoms with E-state index >= 15 is 0 Å². The van der Waals surface area contributed by atoms with Crippen LogP contribution >= 0.6 is 27.7 Å². The first-order valence-corrected chi connectivity index (χ1v) is 8.14. The summed E-state index contributed by atoms with van der Waals surface area (Å²) in [5.41, 5.74) is 2.01. The monoisotopic (exact) mass is 354 g/mol. The van der Waals surface area contributed by atoms with E-state index in [2.05, 4.69) is 28.9 Å². The van der Waals surface area contributed by atoms with Gasteiger partial charge in [-0.05, 0) is 48.7 Å². The van der Waals surface area contributed by atoms with Crippen molar-refractivity contribution in [2.75, 3.05) is 5.75 Å². The minimum absolute atomic E-state index is 0.284. The topological polar surface area (TPSA) is 20.2 Å². The van der Waals surface area contributed by atoms with Crippen LogP contribution in [-0.4, -0.2) is 17.0 Å². The first kappa shape index (κ1) is 15.5. The SMILES string of the molecule is Cc1ccccc1SCC(O)Cc1cc(F)cc(Br)c1. The Labute approximate surface area is 131 Å². The molecule has 2 aromatic rings. The second-order valence-corrected chi connectivity index (χ2v) is 6.69. The van der Waals surface area contributed by atoms with Gasteiger partial charge in [-0.15, -0.1) is 11.8 Å². The van der Waals surface area contributed by atoms with Crippen molar-refractivity contribution in [1.29, 1.82) is 0 Å². The van der Waals surface area contributed by atoms with Crippen LogP contribution in [0.25, 0.3) is 0 Å². The van der Waals surface area contributed by atoms with Crippen LogP contribution in [0.5, 0.6) is 0 Å². The summed E-state index contributed by atoms with van der Waals surface area (Å²) in [5.74, 6) is 0.312. The summed E-state index contributed by atoms with van der Waals surface area (Å²) in [6, 6.07) is 12.8. The third kappa shape index (κ3) is 4.62. The van der Waals surface area contributed by atoms with Crippen molar-refractivity contribution in [2.45, 2.75) is 24.3 Å². The molecule has 0 saturated carbocycles. The van der Waals surface area contributed by atoms with E-state index in [1.807, 2.05) is 24.3 Å². The van der Waals surface area contributed by atoms with Crippen molar-refractivity contribution in [3.63, 3.8) is 0 Å². The van der Waals surface area contributed by atoms with E-state index < -0.39 is 6.10 Å². The first-order chi connectivity index (χ1) is 9.54. The molecule has 0 heterocycles. The smallest absolute Gasteiger partial charge is 0.124 e. The Morgan fingerprint density at radius 3 is 2.70 bits per heavy atom. The zero-order valence-electron chi connectivity index (χ0n) is 11.1. The second-order valence-electron chi connectivity index (χ2n) is 4.71. The summed E-state index contributed by atoms with van der Waals surface area (Å²) in [5, 5.41) is 10.1. The third-order valence-electron chi connectivity index (χ3n) is 2.92. The number of aliphatic hydroxyl groups excluding tert-OH is 1. The maximum atomic E-state index is 13.3. The van der Waals surface area contributed by atoms with E-state index in [0.29, 0.717) is 16.6 Å². The molecule has 0 aromatic heterocycles. The van der Waals surface area contributed by atoms with Crippen LogP contribution in [0, 0.1) is 12.7 Å². The van der Waals surface area contributed by atoms with E-state index in [9.17, 15) is 9.50 Å². The fraction of sp³-hybridized carbons (Fsp3) is 0.250. The molecule has 2 rings (SSSR count). The highest BCUT2D eigenvalue weighted by Crippen LogP contribution is 2.24. The molecule has 0 aliphatic carbocycles. The van der Waals surface area contributed by atoms with Gasteiger partial charge in [-0.25, -0.2) is 4.39 Å². The fourth-order valence-electron chi connectivity index (χ4n) is 1.96. The minimum atomic E-state index is -0.492. The molecule has 4 heteroatoms. The molecule has 0 aliphatic heterocycles. The number of halogens is 2. The van der Waals surface area contributed by atoms with Gasteiger partial charge in [0.1, 0.15) is 5.82 Å². The fourth-order valence-corrected chi connectivity index (χ4v) is 3.44. The molecule has 0 radical (unpaired) electrons. The van der Waals surface area contributed by atoms with Crippen LogP contribution in [0.4, 0.5) is 4.39 Å². The molecule has 0 spiro atoms. The Morgan fingerprint density at radius 2 is 2.00 bits per heavy atom. The Morgan fingerprint density at radius 1 is 1.25 bits per heavy atom. The Bertz CT molecular complexity index is 568. The van der Waals surface area contributed by atoms with Crippen LogP contribution in [0.2, 0.25) is 0 Å². The van der Waals surface area contributed by atoms with Crippen LogP contribution in [0.1, 0.15) is 11.1 Å². The highest BCUT2D eigenvalue weighted by molar-refractivity contribution is 9.10. The standard InChI is InChI=1S/C16H16BrFOS/c1-11-4-2-3-5-16(11)20-10-15(19)8-12-6-13(17)9-14(18)7-12/h2-7,9,15,19H,8,10H2,1H3. The molecular formula is C16H16BrFOS. The summed E-state index contributed by atoms with van der Waals surface area (Å²) in [6.07, 6.45) is -0.0387. The quantitative estimate of drug-likeness (QED) is 0.792. The van der Waals surface area contributed by atoms with E-state index in [1.54, 1.807) is 11.8 Å². The molecule has 0 amide bonds. The molecular weight excluding hydrogens is 339 g/mol.